The summed E-state index contributed by atoms with van der Waals surface area (Å²) in [5.41, 5.74) is 3.60. The van der Waals surface area contributed by atoms with Crippen LogP contribution in [0.1, 0.15) is 384 Å². The number of benzene rings is 2. The first-order valence-corrected chi connectivity index (χ1v) is 35.4. The van der Waals surface area contributed by atoms with Crippen molar-refractivity contribution in [2.24, 2.45) is 0 Å². The molecule has 0 aliphatic heterocycles. The summed E-state index contributed by atoms with van der Waals surface area (Å²) >= 11 is 0. The smallest absolute Gasteiger partial charge is 0.282 e. The molecule has 3 nitrogen and oxygen atoms in total. The van der Waals surface area contributed by atoms with E-state index in [2.05, 4.69) is 32.9 Å². The molecule has 0 spiro atoms. The number of unbranched alkanes of at least 4 members (excludes halogenated alkanes) is 51. The summed E-state index contributed by atoms with van der Waals surface area (Å²) in [5.74, 6) is 0. The minimum absolute atomic E-state index is 0.221. The topological polar surface area (TPSA) is 54.4 Å². The number of aryl methyl sites for hydroxylation is 1. The fourth-order valence-corrected chi connectivity index (χ4v) is 13.3. The van der Waals surface area contributed by atoms with Gasteiger partial charge in [0, 0.05) is 5.39 Å². The first kappa shape index (κ1) is 68.7. The lowest BCUT2D eigenvalue weighted by Gasteiger charge is -2.22. The largest absolute Gasteiger partial charge is 0.295 e. The molecule has 0 bridgehead atoms. The molecule has 0 saturated carbocycles. The van der Waals surface area contributed by atoms with Crippen LogP contribution in [0.2, 0.25) is 0 Å². The van der Waals surface area contributed by atoms with Crippen LogP contribution < -0.4 is 0 Å². The third kappa shape index (κ3) is 37.4. The van der Waals surface area contributed by atoms with Crippen molar-refractivity contribution in [3.8, 4) is 0 Å². The summed E-state index contributed by atoms with van der Waals surface area (Å²) in [6.45, 7) is 6.90. The zero-order valence-corrected chi connectivity index (χ0v) is 51.1. The minimum atomic E-state index is -4.39. The second kappa shape index (κ2) is 51.1. The van der Waals surface area contributed by atoms with Gasteiger partial charge in [0.25, 0.3) is 10.1 Å². The Morgan fingerprint density at radius 1 is 0.257 bits per heavy atom. The molecule has 2 aromatic rings. The standard InChI is InChI=1S/C70H128O3S/c1-4-7-10-13-16-19-22-25-28-31-34-37-40-43-46-49-52-55-60-65-66(61-56-53-50-47-44-41-38-35-32-29-26-23-20-17-14-11-8-5-2)68(70(74(71,72)73)69-64-59-58-62-67(65)69)63-57-54-51-48-45-42-39-36-33-30-27-24-21-18-15-12-9-6-3/h58-59,62,64H,4-57,60-61,63H2,1-3H3,(H,71,72,73). The highest BCUT2D eigenvalue weighted by Crippen LogP contribution is 2.37. The zero-order chi connectivity index (χ0) is 53.1. The normalized spacial score (nSPS) is 12.0. The molecule has 0 radical (unpaired) electrons. The number of fused-ring (bicyclic) bond motifs is 1. The van der Waals surface area contributed by atoms with Crippen molar-refractivity contribution >= 4 is 20.9 Å². The summed E-state index contributed by atoms with van der Waals surface area (Å²) in [5, 5.41) is 1.80. The lowest BCUT2D eigenvalue weighted by molar-refractivity contribution is 0.482. The van der Waals surface area contributed by atoms with E-state index in [0.717, 1.165) is 61.3 Å². The molecule has 2 aromatic carbocycles. The van der Waals surface area contributed by atoms with Crippen molar-refractivity contribution in [3.63, 3.8) is 0 Å². The van der Waals surface area contributed by atoms with Gasteiger partial charge in [-0.15, -0.1) is 0 Å². The first-order chi connectivity index (χ1) is 36.5. The third-order valence-corrected chi connectivity index (χ3v) is 18.1. The van der Waals surface area contributed by atoms with Crippen LogP contribution in [-0.4, -0.2) is 13.0 Å². The van der Waals surface area contributed by atoms with Crippen LogP contribution in [0.25, 0.3) is 10.8 Å². The van der Waals surface area contributed by atoms with Gasteiger partial charge in [-0.3, -0.25) is 4.55 Å². The lowest BCUT2D eigenvalue weighted by atomic mass is 9.86. The van der Waals surface area contributed by atoms with Crippen molar-refractivity contribution in [2.45, 2.75) is 392 Å². The van der Waals surface area contributed by atoms with Crippen molar-refractivity contribution in [3.05, 3.63) is 41.0 Å². The SMILES string of the molecule is CCCCCCCCCCCCCCCCCCCCc1c(CCCCCCCCCCCCCCCCCCCC)c(S(=O)(=O)O)c2ccccc2c1CCCCCCCCCCCCCCCCCCCC. The molecule has 432 valence electrons. The van der Waals surface area contributed by atoms with E-state index >= 15 is 0 Å². The van der Waals surface area contributed by atoms with Gasteiger partial charge in [0.1, 0.15) is 4.90 Å². The Hall–Kier alpha value is -1.39. The van der Waals surface area contributed by atoms with E-state index in [1.54, 1.807) is 0 Å². The third-order valence-electron chi connectivity index (χ3n) is 17.1. The molecule has 0 aromatic heterocycles. The molecule has 0 heterocycles. The summed E-state index contributed by atoms with van der Waals surface area (Å²) in [6, 6.07) is 8.16. The summed E-state index contributed by atoms with van der Waals surface area (Å²) in [7, 11) is -4.39. The summed E-state index contributed by atoms with van der Waals surface area (Å²) in [6.07, 6.45) is 76.2. The molecule has 0 fully saturated rings. The van der Waals surface area contributed by atoms with E-state index < -0.39 is 10.1 Å². The quantitative estimate of drug-likeness (QED) is 0.0531. The molecule has 1 N–H and O–H groups in total. The van der Waals surface area contributed by atoms with E-state index in [1.165, 1.54) is 332 Å². The van der Waals surface area contributed by atoms with E-state index in [0.29, 0.717) is 0 Å². The highest BCUT2D eigenvalue weighted by atomic mass is 32.2. The van der Waals surface area contributed by atoms with Gasteiger partial charge in [-0.1, -0.05) is 372 Å². The van der Waals surface area contributed by atoms with Crippen LogP contribution in [0.3, 0.4) is 0 Å². The number of rotatable bonds is 58. The molecule has 0 aliphatic rings. The molecule has 0 atom stereocenters. The van der Waals surface area contributed by atoms with Crippen molar-refractivity contribution in [1.29, 1.82) is 0 Å². The number of hydrogen-bond donors (Lipinski definition) is 1. The second-order valence-corrected chi connectivity index (χ2v) is 25.4. The maximum absolute atomic E-state index is 13.5. The predicted molar refractivity (Wildman–Crippen MR) is 331 cm³/mol. The van der Waals surface area contributed by atoms with Gasteiger partial charge in [-0.2, -0.15) is 8.42 Å². The average molecular weight is 1050 g/mol. The summed E-state index contributed by atoms with van der Waals surface area (Å²) in [4.78, 5) is 0.221. The van der Waals surface area contributed by atoms with E-state index in [1.807, 2.05) is 12.1 Å². The Labute approximate surface area is 464 Å². The van der Waals surface area contributed by atoms with Crippen molar-refractivity contribution in [2.75, 3.05) is 0 Å². The molecule has 0 amide bonds. The Morgan fingerprint density at radius 3 is 0.676 bits per heavy atom. The van der Waals surface area contributed by atoms with E-state index in [4.69, 9.17) is 0 Å². The van der Waals surface area contributed by atoms with Crippen molar-refractivity contribution in [1.82, 2.24) is 0 Å². The molecular formula is C70H128O3S. The van der Waals surface area contributed by atoms with Gasteiger partial charge in [-0.05, 0) is 60.6 Å². The van der Waals surface area contributed by atoms with Crippen molar-refractivity contribution < 1.29 is 13.0 Å². The zero-order valence-electron chi connectivity index (χ0n) is 50.3. The van der Waals surface area contributed by atoms with Gasteiger partial charge in [0.15, 0.2) is 0 Å². The van der Waals surface area contributed by atoms with Gasteiger partial charge in [0.2, 0.25) is 0 Å². The highest BCUT2D eigenvalue weighted by Gasteiger charge is 2.25. The Bertz CT molecular complexity index is 1610. The maximum atomic E-state index is 13.5. The highest BCUT2D eigenvalue weighted by molar-refractivity contribution is 7.86. The molecule has 0 unspecified atom stereocenters. The van der Waals surface area contributed by atoms with Gasteiger partial charge in [-0.25, -0.2) is 0 Å². The van der Waals surface area contributed by atoms with Gasteiger partial charge in [0.05, 0.1) is 0 Å². The van der Waals surface area contributed by atoms with Crippen LogP contribution in [0.4, 0.5) is 0 Å². The summed E-state index contributed by atoms with van der Waals surface area (Å²) < 4.78 is 37.9. The fourth-order valence-electron chi connectivity index (χ4n) is 12.3. The van der Waals surface area contributed by atoms with Crippen LogP contribution in [0, 0.1) is 0 Å². The van der Waals surface area contributed by atoms with Gasteiger partial charge >= 0.3 is 0 Å². The lowest BCUT2D eigenvalue weighted by Crippen LogP contribution is -2.12. The molecular weight excluding hydrogens is 921 g/mol. The molecule has 74 heavy (non-hydrogen) atoms. The van der Waals surface area contributed by atoms with Crippen LogP contribution in [0.5, 0.6) is 0 Å². The molecule has 0 saturated heterocycles. The fraction of sp³-hybridized carbons (Fsp3) is 0.857. The monoisotopic (exact) mass is 1050 g/mol. The minimum Gasteiger partial charge on any atom is -0.282 e. The Morgan fingerprint density at radius 2 is 0.446 bits per heavy atom. The van der Waals surface area contributed by atoms with Crippen LogP contribution >= 0.6 is 0 Å². The maximum Gasteiger partial charge on any atom is 0.295 e. The van der Waals surface area contributed by atoms with Crippen LogP contribution in [0.15, 0.2) is 29.2 Å². The predicted octanol–water partition coefficient (Wildman–Crippen LogP) is 24.8. The number of hydrogen-bond acceptors (Lipinski definition) is 2. The molecule has 0 aliphatic carbocycles. The molecule has 2 rings (SSSR count). The average Bonchev–Trinajstić information content (AvgIpc) is 3.39. The molecule has 4 heteroatoms. The van der Waals surface area contributed by atoms with Gasteiger partial charge < -0.3 is 0 Å². The second-order valence-electron chi connectivity index (χ2n) is 24.1. The van der Waals surface area contributed by atoms with E-state index in [9.17, 15) is 13.0 Å². The Kier molecular flexibility index (Phi) is 47.4. The van der Waals surface area contributed by atoms with Crippen LogP contribution in [-0.2, 0) is 29.4 Å². The first-order valence-electron chi connectivity index (χ1n) is 34.0. The van der Waals surface area contributed by atoms with E-state index in [-0.39, 0.29) is 4.90 Å². The Balaban J connectivity index is 1.89.